The minimum Gasteiger partial charge on any atom is -0.449 e. The van der Waals surface area contributed by atoms with Crippen LogP contribution < -0.4 is 19.6 Å². The summed E-state index contributed by atoms with van der Waals surface area (Å²) in [4.78, 5) is 26.4. The number of fused-ring (bicyclic) bond motifs is 1. The number of ether oxygens (including phenoxy) is 2. The quantitative estimate of drug-likeness (QED) is 0.102. The molecule has 0 amide bonds. The van der Waals surface area contributed by atoms with E-state index < -0.39 is 50.7 Å². The lowest BCUT2D eigenvalue weighted by atomic mass is 10.1. The summed E-state index contributed by atoms with van der Waals surface area (Å²) >= 11 is 2.01. The number of hydrogen-bond acceptors (Lipinski definition) is 7. The zero-order valence-corrected chi connectivity index (χ0v) is 25.6. The van der Waals surface area contributed by atoms with Crippen LogP contribution in [-0.4, -0.2) is 14.4 Å². The van der Waals surface area contributed by atoms with Crippen molar-refractivity contribution in [2.45, 2.75) is 24.0 Å². The number of nitrogens with one attached hydrogen (secondary N) is 1. The first-order chi connectivity index (χ1) is 20.8. The number of alkyl halides is 3. The molecule has 13 heteroatoms. The highest BCUT2D eigenvalue weighted by Gasteiger charge is 2.40. The molecule has 44 heavy (non-hydrogen) atoms. The topological polar surface area (TPSA) is 112 Å². The number of aryl methyl sites for hydroxylation is 1. The standard InChI is InChI=1S/C31H21F3INO7S/c1-18-7-14-23(15-8-18)44(39,40)36-26(19-5-3-2-4-6-19)30(38)42-22-13-16-24-25(17-22)43-29(31(32,33)34)28(27(24)37)41-21-11-9-20(35)10-12-21/h2-17,26,36H,1H3. The zero-order valence-electron chi connectivity index (χ0n) is 22.6. The van der Waals surface area contributed by atoms with Crippen molar-refractivity contribution >= 4 is 49.6 Å². The van der Waals surface area contributed by atoms with E-state index in [0.717, 1.165) is 21.3 Å². The third kappa shape index (κ3) is 6.95. The summed E-state index contributed by atoms with van der Waals surface area (Å²) in [7, 11) is -4.21. The average molecular weight is 735 g/mol. The van der Waals surface area contributed by atoms with Crippen LogP contribution in [0.4, 0.5) is 13.2 Å². The van der Waals surface area contributed by atoms with Crippen molar-refractivity contribution in [3.8, 4) is 17.2 Å². The molecule has 0 aliphatic heterocycles. The second-order valence-corrected chi connectivity index (χ2v) is 12.5. The van der Waals surface area contributed by atoms with E-state index in [1.54, 1.807) is 49.4 Å². The molecule has 226 valence electrons. The molecule has 0 aliphatic carbocycles. The van der Waals surface area contributed by atoms with Crippen LogP contribution in [0.2, 0.25) is 0 Å². The van der Waals surface area contributed by atoms with Gasteiger partial charge in [-0.3, -0.25) is 4.79 Å². The Labute approximate surface area is 262 Å². The summed E-state index contributed by atoms with van der Waals surface area (Å²) in [5, 5.41) is -0.266. The minimum absolute atomic E-state index is 0.00633. The van der Waals surface area contributed by atoms with E-state index in [1.165, 1.54) is 42.5 Å². The fourth-order valence-electron chi connectivity index (χ4n) is 4.13. The van der Waals surface area contributed by atoms with Crippen molar-refractivity contribution in [3.05, 3.63) is 128 Å². The van der Waals surface area contributed by atoms with Crippen molar-refractivity contribution in [1.82, 2.24) is 4.72 Å². The first-order valence-electron chi connectivity index (χ1n) is 12.8. The summed E-state index contributed by atoms with van der Waals surface area (Å²) < 4.78 is 87.1. The molecule has 0 saturated heterocycles. The van der Waals surface area contributed by atoms with E-state index in [1.807, 2.05) is 22.6 Å². The van der Waals surface area contributed by atoms with Crippen LogP contribution in [0.5, 0.6) is 17.2 Å². The van der Waals surface area contributed by atoms with Gasteiger partial charge in [0.1, 0.15) is 23.1 Å². The van der Waals surface area contributed by atoms with Gasteiger partial charge in [0, 0.05) is 9.64 Å². The number of rotatable bonds is 8. The third-order valence-electron chi connectivity index (χ3n) is 6.30. The Balaban J connectivity index is 1.49. The Morgan fingerprint density at radius 3 is 2.18 bits per heavy atom. The maximum Gasteiger partial charge on any atom is 0.453 e. The molecule has 0 saturated carbocycles. The van der Waals surface area contributed by atoms with Gasteiger partial charge in [0.2, 0.25) is 21.2 Å². The SMILES string of the molecule is Cc1ccc(S(=O)(=O)NC(C(=O)Oc2ccc3c(=O)c(Oc4ccc(I)cc4)c(C(F)(F)F)oc3c2)c2ccccc2)cc1. The molecule has 0 fully saturated rings. The number of halogens is 4. The number of sulfonamides is 1. The van der Waals surface area contributed by atoms with Gasteiger partial charge in [-0.05, 0) is 83.6 Å². The van der Waals surface area contributed by atoms with E-state index in [2.05, 4.69) is 4.72 Å². The van der Waals surface area contributed by atoms with Gasteiger partial charge in [0.25, 0.3) is 5.76 Å². The van der Waals surface area contributed by atoms with Gasteiger partial charge in [0.15, 0.2) is 0 Å². The van der Waals surface area contributed by atoms with Crippen molar-refractivity contribution in [3.63, 3.8) is 0 Å². The van der Waals surface area contributed by atoms with E-state index in [9.17, 15) is 31.2 Å². The molecule has 1 N–H and O–H groups in total. The van der Waals surface area contributed by atoms with Gasteiger partial charge in [-0.1, -0.05) is 48.0 Å². The van der Waals surface area contributed by atoms with Gasteiger partial charge >= 0.3 is 12.1 Å². The first kappa shape index (κ1) is 31.2. The second-order valence-electron chi connectivity index (χ2n) is 9.50. The van der Waals surface area contributed by atoms with E-state index in [-0.39, 0.29) is 27.3 Å². The number of benzene rings is 4. The van der Waals surface area contributed by atoms with Crippen molar-refractivity contribution < 1.29 is 40.3 Å². The van der Waals surface area contributed by atoms with E-state index in [4.69, 9.17) is 13.9 Å². The monoisotopic (exact) mass is 735 g/mol. The smallest absolute Gasteiger partial charge is 0.449 e. The molecule has 1 heterocycles. The molecule has 4 aromatic carbocycles. The number of hydrogen-bond donors (Lipinski definition) is 1. The Kier molecular flexibility index (Phi) is 8.81. The van der Waals surface area contributed by atoms with Crippen molar-refractivity contribution in [2.75, 3.05) is 0 Å². The molecule has 0 bridgehead atoms. The van der Waals surface area contributed by atoms with E-state index in [0.29, 0.717) is 0 Å². The minimum atomic E-state index is -5.11. The molecule has 5 aromatic rings. The number of carbonyl (C=O) groups excluding carboxylic acids is 1. The lowest BCUT2D eigenvalue weighted by Crippen LogP contribution is -2.36. The van der Waals surface area contributed by atoms with E-state index >= 15 is 0 Å². The largest absolute Gasteiger partial charge is 0.453 e. The fraction of sp³-hybridized carbons (Fsp3) is 0.0968. The first-order valence-corrected chi connectivity index (χ1v) is 15.3. The van der Waals surface area contributed by atoms with Crippen LogP contribution in [0.1, 0.15) is 22.9 Å². The highest BCUT2D eigenvalue weighted by molar-refractivity contribution is 14.1. The summed E-state index contributed by atoms with van der Waals surface area (Å²) in [6.07, 6.45) is -5.11. The van der Waals surface area contributed by atoms with Crippen LogP contribution in [-0.2, 0) is 21.0 Å². The highest BCUT2D eigenvalue weighted by atomic mass is 127. The van der Waals surface area contributed by atoms with Crippen LogP contribution in [0.3, 0.4) is 0 Å². The third-order valence-corrected chi connectivity index (χ3v) is 8.46. The molecule has 0 radical (unpaired) electrons. The van der Waals surface area contributed by atoms with Crippen LogP contribution >= 0.6 is 22.6 Å². The predicted molar refractivity (Wildman–Crippen MR) is 163 cm³/mol. The summed E-state index contributed by atoms with van der Waals surface area (Å²) in [5.74, 6) is -4.10. The lowest BCUT2D eigenvalue weighted by Gasteiger charge is -2.18. The van der Waals surface area contributed by atoms with Gasteiger partial charge in [-0.2, -0.15) is 17.9 Å². The molecule has 5 rings (SSSR count). The molecular weight excluding hydrogens is 714 g/mol. The summed E-state index contributed by atoms with van der Waals surface area (Å²) in [6.45, 7) is 1.79. The highest BCUT2D eigenvalue weighted by Crippen LogP contribution is 2.39. The van der Waals surface area contributed by atoms with Gasteiger partial charge < -0.3 is 13.9 Å². The Morgan fingerprint density at radius 1 is 0.909 bits per heavy atom. The normalized spacial score (nSPS) is 12.6. The number of esters is 1. The Hall–Kier alpha value is -4.21. The Morgan fingerprint density at radius 2 is 1.55 bits per heavy atom. The lowest BCUT2D eigenvalue weighted by molar-refractivity contribution is -0.154. The molecule has 8 nitrogen and oxygen atoms in total. The molecule has 0 aliphatic rings. The van der Waals surface area contributed by atoms with Crippen LogP contribution in [0.15, 0.2) is 111 Å². The average Bonchev–Trinajstić information content (AvgIpc) is 2.98. The molecule has 0 spiro atoms. The summed E-state index contributed by atoms with van der Waals surface area (Å²) in [6, 6.07) is 21.5. The van der Waals surface area contributed by atoms with Gasteiger partial charge in [-0.15, -0.1) is 0 Å². The second kappa shape index (κ2) is 12.4. The summed E-state index contributed by atoms with van der Waals surface area (Å²) in [5.41, 5.74) is -0.549. The molecule has 1 aromatic heterocycles. The maximum absolute atomic E-state index is 14.0. The maximum atomic E-state index is 14.0. The fourth-order valence-corrected chi connectivity index (χ4v) is 5.67. The van der Waals surface area contributed by atoms with Gasteiger partial charge in [-0.25, -0.2) is 13.2 Å². The van der Waals surface area contributed by atoms with Crippen LogP contribution in [0, 0.1) is 10.5 Å². The predicted octanol–water partition coefficient (Wildman–Crippen LogP) is 7.14. The molecule has 1 atom stereocenters. The zero-order chi connectivity index (χ0) is 31.6. The van der Waals surface area contributed by atoms with Crippen molar-refractivity contribution in [1.29, 1.82) is 0 Å². The van der Waals surface area contributed by atoms with Crippen molar-refractivity contribution in [2.24, 2.45) is 0 Å². The number of carbonyl (C=O) groups is 1. The Bertz CT molecular complexity index is 2000. The molecule has 1 unspecified atom stereocenters. The van der Waals surface area contributed by atoms with Crippen LogP contribution in [0.25, 0.3) is 11.0 Å². The molecular formula is C31H21F3INO7S. The van der Waals surface area contributed by atoms with Gasteiger partial charge in [0.05, 0.1) is 10.3 Å².